The SMILES string of the molecule is O=C(O)c1cc(-c2c[nH]c3cc(Br)ccc23)n[nH]1. The van der Waals surface area contributed by atoms with E-state index in [1.165, 1.54) is 6.07 Å². The molecule has 1 aromatic carbocycles. The zero-order chi connectivity index (χ0) is 12.7. The van der Waals surface area contributed by atoms with Crippen LogP contribution in [0.1, 0.15) is 10.5 Å². The number of carbonyl (C=O) groups is 1. The number of hydrogen-bond acceptors (Lipinski definition) is 2. The maximum absolute atomic E-state index is 10.8. The number of hydrogen-bond donors (Lipinski definition) is 3. The van der Waals surface area contributed by atoms with Crippen LogP contribution in [0.2, 0.25) is 0 Å². The summed E-state index contributed by atoms with van der Waals surface area (Å²) in [6, 6.07) is 7.38. The number of nitrogens with one attached hydrogen (secondary N) is 2. The molecule has 0 amide bonds. The third-order valence-corrected chi connectivity index (χ3v) is 3.22. The summed E-state index contributed by atoms with van der Waals surface area (Å²) in [7, 11) is 0. The first kappa shape index (κ1) is 11.0. The third-order valence-electron chi connectivity index (χ3n) is 2.73. The van der Waals surface area contributed by atoms with Crippen molar-refractivity contribution in [3.05, 3.63) is 40.6 Å². The standard InChI is InChI=1S/C12H8BrN3O2/c13-6-1-2-7-8(5-14-9(7)3-6)10-4-11(12(17)18)16-15-10/h1-5,14H,(H,15,16)(H,17,18). The second-order valence-corrected chi connectivity index (χ2v) is 4.78. The van der Waals surface area contributed by atoms with Crippen LogP contribution in [0.4, 0.5) is 0 Å². The van der Waals surface area contributed by atoms with Crippen molar-refractivity contribution in [3.8, 4) is 11.3 Å². The molecule has 0 unspecified atom stereocenters. The van der Waals surface area contributed by atoms with Crippen LogP contribution in [0.25, 0.3) is 22.2 Å². The Kier molecular flexibility index (Phi) is 2.45. The van der Waals surface area contributed by atoms with E-state index in [0.717, 1.165) is 20.9 Å². The molecule has 2 heterocycles. The first-order chi connectivity index (χ1) is 8.65. The fraction of sp³-hybridized carbons (Fsp3) is 0. The summed E-state index contributed by atoms with van der Waals surface area (Å²) in [6.07, 6.45) is 1.82. The number of aromatic nitrogens is 3. The molecule has 0 radical (unpaired) electrons. The average Bonchev–Trinajstić information content (AvgIpc) is 2.92. The molecule has 0 saturated heterocycles. The summed E-state index contributed by atoms with van der Waals surface area (Å²) in [5, 5.41) is 16.4. The van der Waals surface area contributed by atoms with E-state index in [9.17, 15) is 4.79 Å². The largest absolute Gasteiger partial charge is 0.477 e. The van der Waals surface area contributed by atoms with Gasteiger partial charge in [0.15, 0.2) is 0 Å². The second kappa shape index (κ2) is 3.99. The lowest BCUT2D eigenvalue weighted by atomic mass is 10.1. The van der Waals surface area contributed by atoms with Crippen LogP contribution in [0.3, 0.4) is 0 Å². The van der Waals surface area contributed by atoms with E-state index < -0.39 is 5.97 Å². The highest BCUT2D eigenvalue weighted by atomic mass is 79.9. The van der Waals surface area contributed by atoms with Crippen LogP contribution in [-0.4, -0.2) is 26.3 Å². The number of carboxylic acid groups (broad SMARTS) is 1. The summed E-state index contributed by atoms with van der Waals surface area (Å²) in [5.74, 6) is -1.02. The molecule has 3 rings (SSSR count). The number of nitrogens with zero attached hydrogens (tertiary/aromatic N) is 1. The number of halogens is 1. The molecule has 0 saturated carbocycles. The van der Waals surface area contributed by atoms with Crippen molar-refractivity contribution < 1.29 is 9.90 Å². The van der Waals surface area contributed by atoms with E-state index in [4.69, 9.17) is 5.11 Å². The Balaban J connectivity index is 2.16. The molecule has 3 aromatic rings. The molecule has 0 bridgehead atoms. The number of fused-ring (bicyclic) bond motifs is 1. The van der Waals surface area contributed by atoms with Gasteiger partial charge in [-0.05, 0) is 18.2 Å². The van der Waals surface area contributed by atoms with Gasteiger partial charge in [-0.25, -0.2) is 4.79 Å². The van der Waals surface area contributed by atoms with E-state index >= 15 is 0 Å². The molecule has 0 aliphatic heterocycles. The van der Waals surface area contributed by atoms with E-state index in [1.807, 2.05) is 24.4 Å². The molecule has 18 heavy (non-hydrogen) atoms. The van der Waals surface area contributed by atoms with Crippen LogP contribution in [0.15, 0.2) is 34.9 Å². The van der Waals surface area contributed by atoms with Gasteiger partial charge in [0.05, 0.1) is 5.69 Å². The average molecular weight is 306 g/mol. The van der Waals surface area contributed by atoms with Gasteiger partial charge in [-0.3, -0.25) is 5.10 Å². The van der Waals surface area contributed by atoms with Gasteiger partial charge in [-0.2, -0.15) is 5.10 Å². The van der Waals surface area contributed by atoms with E-state index in [0.29, 0.717) is 5.69 Å². The van der Waals surface area contributed by atoms with Gasteiger partial charge in [-0.1, -0.05) is 22.0 Å². The number of aromatic carboxylic acids is 1. The zero-order valence-corrected chi connectivity index (χ0v) is 10.7. The fourth-order valence-electron chi connectivity index (χ4n) is 1.88. The summed E-state index contributed by atoms with van der Waals surface area (Å²) < 4.78 is 0.983. The topological polar surface area (TPSA) is 81.8 Å². The number of benzene rings is 1. The number of carboxylic acids is 1. The Morgan fingerprint density at radius 1 is 1.33 bits per heavy atom. The van der Waals surface area contributed by atoms with Crippen LogP contribution in [0.5, 0.6) is 0 Å². The Morgan fingerprint density at radius 2 is 2.17 bits per heavy atom. The van der Waals surface area contributed by atoms with Gasteiger partial charge >= 0.3 is 5.97 Å². The van der Waals surface area contributed by atoms with Crippen molar-refractivity contribution in [1.82, 2.24) is 15.2 Å². The summed E-state index contributed by atoms with van der Waals surface area (Å²) >= 11 is 3.40. The van der Waals surface area contributed by atoms with Gasteiger partial charge in [0.1, 0.15) is 5.69 Å². The second-order valence-electron chi connectivity index (χ2n) is 3.86. The Bertz CT molecular complexity index is 745. The lowest BCUT2D eigenvalue weighted by molar-refractivity contribution is 0.0690. The van der Waals surface area contributed by atoms with Crippen LogP contribution in [-0.2, 0) is 0 Å². The molecule has 3 N–H and O–H groups in total. The highest BCUT2D eigenvalue weighted by Gasteiger charge is 2.12. The Labute approximate surface area is 110 Å². The maximum Gasteiger partial charge on any atom is 0.353 e. The van der Waals surface area contributed by atoms with Crippen molar-refractivity contribution >= 4 is 32.8 Å². The molecule has 2 aromatic heterocycles. The van der Waals surface area contributed by atoms with Crippen molar-refractivity contribution in [3.63, 3.8) is 0 Å². The number of H-pyrrole nitrogens is 2. The Hall–Kier alpha value is -2.08. The van der Waals surface area contributed by atoms with Crippen LogP contribution < -0.4 is 0 Å². The highest BCUT2D eigenvalue weighted by Crippen LogP contribution is 2.29. The third kappa shape index (κ3) is 1.70. The van der Waals surface area contributed by atoms with E-state index in [2.05, 4.69) is 31.1 Å². The van der Waals surface area contributed by atoms with Gasteiger partial charge in [-0.15, -0.1) is 0 Å². The van der Waals surface area contributed by atoms with E-state index in [-0.39, 0.29) is 5.69 Å². The molecule has 0 aliphatic rings. The number of rotatable bonds is 2. The lowest BCUT2D eigenvalue weighted by Gasteiger charge is -1.94. The smallest absolute Gasteiger partial charge is 0.353 e. The molecular weight excluding hydrogens is 298 g/mol. The molecule has 0 fully saturated rings. The minimum atomic E-state index is -1.02. The highest BCUT2D eigenvalue weighted by molar-refractivity contribution is 9.10. The monoisotopic (exact) mass is 305 g/mol. The molecule has 0 aliphatic carbocycles. The van der Waals surface area contributed by atoms with Crippen molar-refractivity contribution in [2.75, 3.05) is 0 Å². The van der Waals surface area contributed by atoms with Gasteiger partial charge < -0.3 is 10.1 Å². The van der Waals surface area contributed by atoms with Crippen LogP contribution >= 0.6 is 15.9 Å². The first-order valence-corrected chi connectivity index (χ1v) is 6.00. The van der Waals surface area contributed by atoms with Crippen LogP contribution in [0, 0.1) is 0 Å². The van der Waals surface area contributed by atoms with Gasteiger partial charge in [0.25, 0.3) is 0 Å². The fourth-order valence-corrected chi connectivity index (χ4v) is 2.24. The van der Waals surface area contributed by atoms with Crippen molar-refractivity contribution in [1.29, 1.82) is 0 Å². The molecule has 5 nitrogen and oxygen atoms in total. The predicted molar refractivity (Wildman–Crippen MR) is 70.5 cm³/mol. The maximum atomic E-state index is 10.8. The molecule has 0 spiro atoms. The zero-order valence-electron chi connectivity index (χ0n) is 9.07. The van der Waals surface area contributed by atoms with E-state index in [1.54, 1.807) is 0 Å². The molecule has 6 heteroatoms. The lowest BCUT2D eigenvalue weighted by Crippen LogP contribution is -1.95. The minimum absolute atomic E-state index is 0.0801. The van der Waals surface area contributed by atoms with Gasteiger partial charge in [0.2, 0.25) is 0 Å². The van der Waals surface area contributed by atoms with Crippen molar-refractivity contribution in [2.24, 2.45) is 0 Å². The molecule has 90 valence electrons. The van der Waals surface area contributed by atoms with Crippen molar-refractivity contribution in [2.45, 2.75) is 0 Å². The molecular formula is C12H8BrN3O2. The minimum Gasteiger partial charge on any atom is -0.477 e. The normalized spacial score (nSPS) is 10.9. The number of aromatic amines is 2. The quantitative estimate of drug-likeness (QED) is 0.680. The first-order valence-electron chi connectivity index (χ1n) is 5.21. The Morgan fingerprint density at radius 3 is 2.89 bits per heavy atom. The predicted octanol–water partition coefficient (Wildman–Crippen LogP) is 3.02. The summed E-state index contributed by atoms with van der Waals surface area (Å²) in [6.45, 7) is 0. The molecule has 0 atom stereocenters. The van der Waals surface area contributed by atoms with Gasteiger partial charge in [0, 0.05) is 27.1 Å². The summed E-state index contributed by atoms with van der Waals surface area (Å²) in [4.78, 5) is 13.9. The summed E-state index contributed by atoms with van der Waals surface area (Å²) in [5.41, 5.74) is 2.54.